The number of carbonyl (C=O) groups is 2. The van der Waals surface area contributed by atoms with Gasteiger partial charge in [-0.15, -0.1) is 12.4 Å². The largest absolute Gasteiger partial charge is 0.508 e. The molecule has 3 unspecified atom stereocenters. The van der Waals surface area contributed by atoms with Gasteiger partial charge in [0.25, 0.3) is 0 Å². The number of phenolic OH excluding ortho intramolecular Hbond substituents is 1. The molecule has 7 heteroatoms. The zero-order chi connectivity index (χ0) is 23.8. The molecule has 0 saturated heterocycles. The number of carbonyl (C=O) groups excluding carboxylic acids is 2. The van der Waals surface area contributed by atoms with Crippen molar-refractivity contribution in [1.82, 2.24) is 5.32 Å². The second-order valence-electron chi connectivity index (χ2n) is 7.81. The van der Waals surface area contributed by atoms with Crippen molar-refractivity contribution < 1.29 is 19.8 Å². The summed E-state index contributed by atoms with van der Waals surface area (Å²) in [5.74, 6) is -0.863. The van der Waals surface area contributed by atoms with Crippen LogP contribution in [0.1, 0.15) is 34.8 Å². The topological polar surface area (TPSA) is 113 Å². The number of Topliss-reactive ketones (excluding diaryl/α,β-unsaturated/α-hetero) is 1. The van der Waals surface area contributed by atoms with Gasteiger partial charge in [0.15, 0.2) is 5.78 Å². The van der Waals surface area contributed by atoms with Crippen molar-refractivity contribution in [2.24, 2.45) is 5.73 Å². The fraction of sp³-hybridized carbons (Fsp3) is 0.185. The molecule has 3 aromatic carbocycles. The average molecular weight is 481 g/mol. The minimum atomic E-state index is -1.66. The molecule has 0 heterocycles. The predicted molar refractivity (Wildman–Crippen MR) is 136 cm³/mol. The standard InChI is InChI=1S/C27H28N2O4.ClH/c1-2-27(33,21-14-16-22(30)17-15-21)26(24(28)25(32)20-11-7-4-8-12-20)29-23(31)18-13-19-9-5-3-6-10-19;/h3-18,24,26,30,33H,2,28H2,1H3,(H,29,31);1H. The number of nitrogens with one attached hydrogen (secondary N) is 1. The molecule has 0 saturated carbocycles. The summed E-state index contributed by atoms with van der Waals surface area (Å²) in [5.41, 5.74) is 6.36. The molecule has 1 amide bonds. The first-order valence-corrected chi connectivity index (χ1v) is 10.8. The number of amides is 1. The fourth-order valence-electron chi connectivity index (χ4n) is 3.74. The van der Waals surface area contributed by atoms with Crippen LogP contribution in [0, 0.1) is 0 Å². The van der Waals surface area contributed by atoms with Crippen LogP contribution in [0.25, 0.3) is 6.08 Å². The van der Waals surface area contributed by atoms with E-state index >= 15 is 0 Å². The van der Waals surface area contributed by atoms with E-state index in [1.54, 1.807) is 55.5 Å². The fourth-order valence-corrected chi connectivity index (χ4v) is 3.74. The van der Waals surface area contributed by atoms with E-state index in [9.17, 15) is 19.8 Å². The third-order valence-electron chi connectivity index (χ3n) is 5.67. The van der Waals surface area contributed by atoms with Crippen LogP contribution in [-0.4, -0.2) is 34.0 Å². The van der Waals surface area contributed by atoms with E-state index in [4.69, 9.17) is 5.73 Å². The Hall–Kier alpha value is -3.45. The Bertz CT molecular complexity index is 1100. The normalized spacial score (nSPS) is 14.4. The molecule has 34 heavy (non-hydrogen) atoms. The maximum absolute atomic E-state index is 13.1. The van der Waals surface area contributed by atoms with Crippen molar-refractivity contribution in [3.63, 3.8) is 0 Å². The summed E-state index contributed by atoms with van der Waals surface area (Å²) in [6, 6.07) is 21.4. The van der Waals surface area contributed by atoms with Gasteiger partial charge in [0.2, 0.25) is 5.91 Å². The van der Waals surface area contributed by atoms with Gasteiger partial charge >= 0.3 is 0 Å². The first-order valence-electron chi connectivity index (χ1n) is 10.8. The second kappa shape index (κ2) is 12.1. The number of halogens is 1. The molecule has 3 atom stereocenters. The average Bonchev–Trinajstić information content (AvgIpc) is 2.86. The number of aromatic hydroxyl groups is 1. The van der Waals surface area contributed by atoms with E-state index in [0.29, 0.717) is 11.1 Å². The number of phenols is 1. The van der Waals surface area contributed by atoms with Crippen LogP contribution in [-0.2, 0) is 10.4 Å². The molecule has 6 nitrogen and oxygen atoms in total. The van der Waals surface area contributed by atoms with E-state index < -0.39 is 29.4 Å². The molecule has 3 aromatic rings. The highest BCUT2D eigenvalue weighted by atomic mass is 35.5. The molecule has 0 spiro atoms. The Morgan fingerprint density at radius 2 is 1.53 bits per heavy atom. The van der Waals surface area contributed by atoms with Gasteiger partial charge in [-0.1, -0.05) is 79.7 Å². The van der Waals surface area contributed by atoms with Crippen LogP contribution in [0.2, 0.25) is 0 Å². The van der Waals surface area contributed by atoms with E-state index in [1.165, 1.54) is 18.2 Å². The zero-order valence-corrected chi connectivity index (χ0v) is 19.6. The number of rotatable bonds is 9. The van der Waals surface area contributed by atoms with Crippen LogP contribution in [0.15, 0.2) is 91.0 Å². The molecule has 5 N–H and O–H groups in total. The lowest BCUT2D eigenvalue weighted by molar-refractivity contribution is -0.120. The number of aliphatic hydroxyl groups is 1. The van der Waals surface area contributed by atoms with E-state index in [-0.39, 0.29) is 24.6 Å². The summed E-state index contributed by atoms with van der Waals surface area (Å²) in [6.45, 7) is 1.74. The van der Waals surface area contributed by atoms with E-state index in [2.05, 4.69) is 5.32 Å². The van der Waals surface area contributed by atoms with Gasteiger partial charge in [-0.25, -0.2) is 0 Å². The van der Waals surface area contributed by atoms with Crippen molar-refractivity contribution in [2.45, 2.75) is 31.0 Å². The number of hydrogen-bond acceptors (Lipinski definition) is 5. The molecular weight excluding hydrogens is 452 g/mol. The smallest absolute Gasteiger partial charge is 0.244 e. The van der Waals surface area contributed by atoms with Crippen molar-refractivity contribution in [1.29, 1.82) is 0 Å². The van der Waals surface area contributed by atoms with Gasteiger partial charge in [0, 0.05) is 11.6 Å². The Morgan fingerprint density at radius 3 is 2.09 bits per heavy atom. The predicted octanol–water partition coefficient (Wildman–Crippen LogP) is 3.82. The zero-order valence-electron chi connectivity index (χ0n) is 18.8. The molecule has 0 radical (unpaired) electrons. The van der Waals surface area contributed by atoms with Crippen molar-refractivity contribution in [3.8, 4) is 5.75 Å². The molecule has 0 bridgehead atoms. The first-order chi connectivity index (χ1) is 15.8. The van der Waals surface area contributed by atoms with Gasteiger partial charge in [-0.05, 0) is 35.8 Å². The monoisotopic (exact) mass is 480 g/mol. The highest BCUT2D eigenvalue weighted by Gasteiger charge is 2.44. The Morgan fingerprint density at radius 1 is 0.971 bits per heavy atom. The maximum Gasteiger partial charge on any atom is 0.244 e. The van der Waals surface area contributed by atoms with Gasteiger partial charge in [0.05, 0.1) is 12.1 Å². The lowest BCUT2D eigenvalue weighted by Gasteiger charge is -2.39. The number of ketones is 1. The Labute approximate surface area is 205 Å². The molecule has 178 valence electrons. The second-order valence-corrected chi connectivity index (χ2v) is 7.81. The summed E-state index contributed by atoms with van der Waals surface area (Å²) in [6.07, 6.45) is 3.15. The molecule has 0 fully saturated rings. The molecular formula is C27H29ClN2O4. The van der Waals surface area contributed by atoms with Gasteiger partial charge in [0.1, 0.15) is 11.4 Å². The summed E-state index contributed by atoms with van der Waals surface area (Å²) < 4.78 is 0. The van der Waals surface area contributed by atoms with Gasteiger partial charge in [-0.2, -0.15) is 0 Å². The van der Waals surface area contributed by atoms with Crippen LogP contribution >= 0.6 is 12.4 Å². The Balaban J connectivity index is 0.00000408. The van der Waals surface area contributed by atoms with E-state index in [0.717, 1.165) is 5.56 Å². The highest BCUT2D eigenvalue weighted by Crippen LogP contribution is 2.32. The number of benzene rings is 3. The summed E-state index contributed by atoms with van der Waals surface area (Å²) in [5, 5.41) is 24.1. The van der Waals surface area contributed by atoms with Gasteiger partial charge in [-0.3, -0.25) is 9.59 Å². The number of hydrogen-bond donors (Lipinski definition) is 4. The SMILES string of the molecule is CCC(O)(c1ccc(O)cc1)C(NC(=O)C=Cc1ccccc1)C(N)C(=O)c1ccccc1.Cl. The third-order valence-corrected chi connectivity index (χ3v) is 5.67. The lowest BCUT2D eigenvalue weighted by Crippen LogP contribution is -2.61. The van der Waals surface area contributed by atoms with Crippen LogP contribution in [0.4, 0.5) is 0 Å². The minimum Gasteiger partial charge on any atom is -0.508 e. The Kier molecular flexibility index (Phi) is 9.57. The molecule has 0 aliphatic carbocycles. The summed E-state index contributed by atoms with van der Waals surface area (Å²) in [7, 11) is 0. The van der Waals surface area contributed by atoms with Crippen molar-refractivity contribution in [3.05, 3.63) is 108 Å². The van der Waals surface area contributed by atoms with Gasteiger partial charge < -0.3 is 21.3 Å². The van der Waals surface area contributed by atoms with Crippen LogP contribution in [0.5, 0.6) is 5.75 Å². The number of nitrogens with two attached hydrogens (primary N) is 1. The third kappa shape index (κ3) is 6.32. The molecule has 3 rings (SSSR count). The summed E-state index contributed by atoms with van der Waals surface area (Å²) >= 11 is 0. The molecule has 0 aliphatic heterocycles. The lowest BCUT2D eigenvalue weighted by atomic mass is 9.78. The van der Waals surface area contributed by atoms with Crippen molar-refractivity contribution >= 4 is 30.2 Å². The van der Waals surface area contributed by atoms with Crippen LogP contribution in [0.3, 0.4) is 0 Å². The van der Waals surface area contributed by atoms with Crippen molar-refractivity contribution in [2.75, 3.05) is 0 Å². The minimum absolute atomic E-state index is 0. The van der Waals surface area contributed by atoms with E-state index in [1.807, 2.05) is 30.3 Å². The highest BCUT2D eigenvalue weighted by molar-refractivity contribution is 6.01. The molecule has 0 aliphatic rings. The summed E-state index contributed by atoms with van der Waals surface area (Å²) in [4.78, 5) is 26.0. The van der Waals surface area contributed by atoms with Crippen LogP contribution < -0.4 is 11.1 Å². The quantitative estimate of drug-likeness (QED) is 0.275. The molecule has 0 aromatic heterocycles. The first kappa shape index (κ1) is 26.8. The maximum atomic E-state index is 13.1.